The van der Waals surface area contributed by atoms with E-state index in [-0.39, 0.29) is 5.38 Å². The van der Waals surface area contributed by atoms with Crippen LogP contribution in [0.1, 0.15) is 28.6 Å². The highest BCUT2D eigenvalue weighted by Gasteiger charge is 2.08. The molecule has 2 heteroatoms. The van der Waals surface area contributed by atoms with Crippen LogP contribution in [-0.2, 0) is 6.42 Å². The number of aryl methyl sites for hydroxylation is 2. The van der Waals surface area contributed by atoms with E-state index < -0.39 is 0 Å². The van der Waals surface area contributed by atoms with Crippen LogP contribution in [0.4, 0.5) is 0 Å². The number of hydrogen-bond acceptors (Lipinski definition) is 1. The van der Waals surface area contributed by atoms with Crippen LogP contribution < -0.4 is 0 Å². The molecular weight excluding hydrogens is 278 g/mol. The number of halogens is 1. The zero-order valence-corrected chi connectivity index (χ0v) is 12.8. The Balaban J connectivity index is 1.72. The van der Waals surface area contributed by atoms with E-state index in [9.17, 15) is 0 Å². The molecule has 0 saturated heterocycles. The molecule has 0 bridgehead atoms. The summed E-state index contributed by atoms with van der Waals surface area (Å²) < 4.78 is 0. The fourth-order valence-electron chi connectivity index (χ4n) is 2.55. The molecule has 0 spiro atoms. The number of fused-ring (bicyclic) bond motifs is 1. The number of hydrogen-bond donors (Lipinski definition) is 0. The lowest BCUT2D eigenvalue weighted by atomic mass is 10.0. The first-order chi connectivity index (χ1) is 10.2. The van der Waals surface area contributed by atoms with E-state index in [0.29, 0.717) is 0 Å². The Kier molecular flexibility index (Phi) is 4.21. The Morgan fingerprint density at radius 3 is 2.62 bits per heavy atom. The molecule has 21 heavy (non-hydrogen) atoms. The molecule has 0 N–H and O–H groups in total. The van der Waals surface area contributed by atoms with E-state index in [1.807, 2.05) is 25.1 Å². The normalized spacial score (nSPS) is 12.5. The first-order valence-corrected chi connectivity index (χ1v) is 7.71. The van der Waals surface area contributed by atoms with Gasteiger partial charge in [-0.1, -0.05) is 42.5 Å². The van der Waals surface area contributed by atoms with Gasteiger partial charge < -0.3 is 0 Å². The van der Waals surface area contributed by atoms with Crippen molar-refractivity contribution in [3.8, 4) is 0 Å². The second-order valence-corrected chi connectivity index (χ2v) is 5.92. The lowest BCUT2D eigenvalue weighted by Gasteiger charge is -2.10. The summed E-state index contributed by atoms with van der Waals surface area (Å²) in [5.74, 6) is 0. The molecular formula is C19H18ClN. The lowest BCUT2D eigenvalue weighted by molar-refractivity contribution is 0.794. The number of benzene rings is 2. The Bertz CT molecular complexity index is 737. The fourth-order valence-corrected chi connectivity index (χ4v) is 2.81. The SMILES string of the molecule is Cc1ccc2cc(CCC(Cl)c3ccccc3)ccc2n1. The summed E-state index contributed by atoms with van der Waals surface area (Å²) >= 11 is 6.48. The first kappa shape index (κ1) is 14.1. The molecule has 3 aromatic rings. The largest absolute Gasteiger partial charge is 0.253 e. The quantitative estimate of drug-likeness (QED) is 0.583. The van der Waals surface area contributed by atoms with Gasteiger partial charge in [0.2, 0.25) is 0 Å². The van der Waals surface area contributed by atoms with Crippen molar-refractivity contribution >= 4 is 22.5 Å². The van der Waals surface area contributed by atoms with Gasteiger partial charge in [-0.25, -0.2) is 0 Å². The average Bonchev–Trinajstić information content (AvgIpc) is 2.53. The molecule has 0 aliphatic heterocycles. The highest BCUT2D eigenvalue weighted by molar-refractivity contribution is 6.20. The minimum absolute atomic E-state index is 0.0676. The highest BCUT2D eigenvalue weighted by atomic mass is 35.5. The summed E-state index contributed by atoms with van der Waals surface area (Å²) in [7, 11) is 0. The fraction of sp³-hybridized carbons (Fsp3) is 0.211. The van der Waals surface area contributed by atoms with Crippen LogP contribution in [0.25, 0.3) is 10.9 Å². The topological polar surface area (TPSA) is 12.9 Å². The Hall–Kier alpha value is -1.86. The van der Waals surface area contributed by atoms with Crippen molar-refractivity contribution < 1.29 is 0 Å². The predicted octanol–water partition coefficient (Wildman–Crippen LogP) is 5.46. The summed E-state index contributed by atoms with van der Waals surface area (Å²) in [5, 5.41) is 1.27. The first-order valence-electron chi connectivity index (χ1n) is 7.28. The summed E-state index contributed by atoms with van der Waals surface area (Å²) in [6.45, 7) is 2.02. The molecule has 2 aromatic carbocycles. The molecule has 1 nitrogen and oxygen atoms in total. The maximum Gasteiger partial charge on any atom is 0.0705 e. The molecule has 0 saturated carbocycles. The van der Waals surface area contributed by atoms with Crippen molar-refractivity contribution in [3.05, 3.63) is 77.5 Å². The minimum Gasteiger partial charge on any atom is -0.253 e. The molecule has 0 radical (unpaired) electrons. The van der Waals surface area contributed by atoms with E-state index in [1.54, 1.807) is 0 Å². The summed E-state index contributed by atoms with van der Waals surface area (Å²) in [6.07, 6.45) is 1.92. The van der Waals surface area contributed by atoms with Crippen LogP contribution >= 0.6 is 11.6 Å². The number of nitrogens with zero attached hydrogens (tertiary/aromatic N) is 1. The monoisotopic (exact) mass is 295 g/mol. The molecule has 106 valence electrons. The summed E-state index contributed by atoms with van der Waals surface area (Å²) in [6, 6.07) is 20.9. The van der Waals surface area contributed by atoms with Crippen LogP contribution in [0.15, 0.2) is 60.7 Å². The predicted molar refractivity (Wildman–Crippen MR) is 89.8 cm³/mol. The van der Waals surface area contributed by atoms with Crippen LogP contribution in [0, 0.1) is 6.92 Å². The molecule has 1 aromatic heterocycles. The van der Waals surface area contributed by atoms with Crippen LogP contribution in [0.2, 0.25) is 0 Å². The lowest BCUT2D eigenvalue weighted by Crippen LogP contribution is -1.94. The van der Waals surface area contributed by atoms with Gasteiger partial charge >= 0.3 is 0 Å². The third kappa shape index (κ3) is 3.43. The molecule has 0 fully saturated rings. The standard InChI is InChI=1S/C19H18ClN/c1-14-7-10-17-13-15(9-12-19(17)21-14)8-11-18(20)16-5-3-2-4-6-16/h2-7,9-10,12-13,18H,8,11H2,1H3. The van der Waals surface area contributed by atoms with E-state index in [2.05, 4.69) is 47.4 Å². The van der Waals surface area contributed by atoms with Crippen molar-refractivity contribution in [1.82, 2.24) is 4.98 Å². The maximum absolute atomic E-state index is 6.48. The number of alkyl halides is 1. The van der Waals surface area contributed by atoms with Crippen LogP contribution in [0.3, 0.4) is 0 Å². The number of aromatic nitrogens is 1. The average molecular weight is 296 g/mol. The van der Waals surface area contributed by atoms with E-state index in [0.717, 1.165) is 24.1 Å². The van der Waals surface area contributed by atoms with Gasteiger partial charge in [0.15, 0.2) is 0 Å². The van der Waals surface area contributed by atoms with Gasteiger partial charge in [-0.05, 0) is 49.1 Å². The third-order valence-electron chi connectivity index (χ3n) is 3.74. The Labute approximate surface area is 130 Å². The van der Waals surface area contributed by atoms with Gasteiger partial charge in [-0.2, -0.15) is 0 Å². The van der Waals surface area contributed by atoms with Crippen molar-refractivity contribution in [1.29, 1.82) is 0 Å². The number of rotatable bonds is 4. The van der Waals surface area contributed by atoms with Gasteiger partial charge in [0.25, 0.3) is 0 Å². The van der Waals surface area contributed by atoms with Crippen LogP contribution in [-0.4, -0.2) is 4.98 Å². The molecule has 0 aliphatic rings. The van der Waals surface area contributed by atoms with E-state index in [4.69, 9.17) is 11.6 Å². The van der Waals surface area contributed by atoms with Crippen molar-refractivity contribution in [3.63, 3.8) is 0 Å². The van der Waals surface area contributed by atoms with Gasteiger partial charge in [-0.15, -0.1) is 11.6 Å². The molecule has 1 atom stereocenters. The molecule has 0 aliphatic carbocycles. The second kappa shape index (κ2) is 6.28. The van der Waals surface area contributed by atoms with Crippen molar-refractivity contribution in [2.45, 2.75) is 25.1 Å². The zero-order chi connectivity index (χ0) is 14.7. The maximum atomic E-state index is 6.48. The van der Waals surface area contributed by atoms with Crippen molar-refractivity contribution in [2.24, 2.45) is 0 Å². The summed E-state index contributed by atoms with van der Waals surface area (Å²) in [5.41, 5.74) is 4.62. The minimum atomic E-state index is 0.0676. The van der Waals surface area contributed by atoms with E-state index in [1.165, 1.54) is 16.5 Å². The van der Waals surface area contributed by atoms with Gasteiger partial charge in [-0.3, -0.25) is 4.98 Å². The highest BCUT2D eigenvalue weighted by Crippen LogP contribution is 2.26. The van der Waals surface area contributed by atoms with E-state index >= 15 is 0 Å². The molecule has 1 heterocycles. The third-order valence-corrected chi connectivity index (χ3v) is 4.21. The van der Waals surface area contributed by atoms with Gasteiger partial charge in [0.05, 0.1) is 10.9 Å². The second-order valence-electron chi connectivity index (χ2n) is 5.40. The molecule has 3 rings (SSSR count). The Morgan fingerprint density at radius 2 is 1.81 bits per heavy atom. The Morgan fingerprint density at radius 1 is 1.00 bits per heavy atom. The smallest absolute Gasteiger partial charge is 0.0705 e. The summed E-state index contributed by atoms with van der Waals surface area (Å²) in [4.78, 5) is 4.53. The van der Waals surface area contributed by atoms with Gasteiger partial charge in [0, 0.05) is 11.1 Å². The zero-order valence-electron chi connectivity index (χ0n) is 12.1. The molecule has 1 unspecified atom stereocenters. The van der Waals surface area contributed by atoms with Crippen molar-refractivity contribution in [2.75, 3.05) is 0 Å². The number of pyridine rings is 1. The molecule has 0 amide bonds. The van der Waals surface area contributed by atoms with Gasteiger partial charge in [0.1, 0.15) is 0 Å². The van der Waals surface area contributed by atoms with Crippen LogP contribution in [0.5, 0.6) is 0 Å².